The summed E-state index contributed by atoms with van der Waals surface area (Å²) in [7, 11) is 0. The lowest BCUT2D eigenvalue weighted by Gasteiger charge is -2.24. The summed E-state index contributed by atoms with van der Waals surface area (Å²) in [5, 5.41) is 3.67. The molecule has 2 heteroatoms. The predicted molar refractivity (Wildman–Crippen MR) is 66.9 cm³/mol. The molecule has 14 heavy (non-hydrogen) atoms. The van der Waals surface area contributed by atoms with Crippen LogP contribution in [0.4, 0.5) is 0 Å². The summed E-state index contributed by atoms with van der Waals surface area (Å²) in [5.74, 6) is 3.57. The van der Waals surface area contributed by atoms with Gasteiger partial charge in [-0.05, 0) is 50.2 Å². The van der Waals surface area contributed by atoms with E-state index in [9.17, 15) is 0 Å². The quantitative estimate of drug-likeness (QED) is 0.681. The van der Waals surface area contributed by atoms with Crippen molar-refractivity contribution in [3.63, 3.8) is 0 Å². The van der Waals surface area contributed by atoms with Crippen molar-refractivity contribution < 1.29 is 0 Å². The Labute approximate surface area is 92.7 Å². The van der Waals surface area contributed by atoms with E-state index in [1.807, 2.05) is 0 Å². The molecule has 1 aliphatic rings. The molecule has 0 bridgehead atoms. The fourth-order valence-electron chi connectivity index (χ4n) is 1.98. The van der Waals surface area contributed by atoms with E-state index in [0.717, 1.165) is 18.9 Å². The molecular formula is C12H23NS. The van der Waals surface area contributed by atoms with Crippen LogP contribution in [-0.4, -0.2) is 24.1 Å². The Hall–Kier alpha value is 0.0500. The van der Waals surface area contributed by atoms with Crippen LogP contribution in [-0.2, 0) is 0 Å². The van der Waals surface area contributed by atoms with E-state index in [0.29, 0.717) is 6.04 Å². The van der Waals surface area contributed by atoms with Crippen LogP contribution in [0.15, 0.2) is 12.2 Å². The minimum atomic E-state index is 0.683. The number of thioether (sulfide) groups is 1. The van der Waals surface area contributed by atoms with Gasteiger partial charge in [0.2, 0.25) is 0 Å². The first-order valence-electron chi connectivity index (χ1n) is 5.69. The molecule has 2 atom stereocenters. The van der Waals surface area contributed by atoms with Crippen molar-refractivity contribution in [2.45, 2.75) is 39.2 Å². The molecule has 0 aliphatic carbocycles. The Bertz CT molecular complexity index is 173. The third-order valence-corrected chi connectivity index (χ3v) is 3.95. The summed E-state index contributed by atoms with van der Waals surface area (Å²) in [5.41, 5.74) is 1.32. The third kappa shape index (κ3) is 4.05. The number of nitrogens with one attached hydrogen (secondary N) is 1. The van der Waals surface area contributed by atoms with E-state index in [1.54, 1.807) is 0 Å². The van der Waals surface area contributed by atoms with Gasteiger partial charge in [-0.15, -0.1) is 6.58 Å². The second-order valence-corrected chi connectivity index (χ2v) is 5.50. The minimum absolute atomic E-state index is 0.683. The van der Waals surface area contributed by atoms with Gasteiger partial charge in [-0.1, -0.05) is 12.5 Å². The standard InChI is InChI=1S/C12H23NS/c1-4-6-13-12(8-10(2)3)11-5-7-14-9-11/h11-13H,2,4-9H2,1,3H3. The van der Waals surface area contributed by atoms with Crippen LogP contribution in [0.3, 0.4) is 0 Å². The predicted octanol–water partition coefficient (Wildman–Crippen LogP) is 3.07. The van der Waals surface area contributed by atoms with Gasteiger partial charge in [0.15, 0.2) is 0 Å². The van der Waals surface area contributed by atoms with E-state index >= 15 is 0 Å². The third-order valence-electron chi connectivity index (χ3n) is 2.76. The maximum atomic E-state index is 4.03. The van der Waals surface area contributed by atoms with Gasteiger partial charge in [-0.25, -0.2) is 0 Å². The topological polar surface area (TPSA) is 12.0 Å². The van der Waals surface area contributed by atoms with E-state index in [1.165, 1.54) is 29.9 Å². The Balaban J connectivity index is 2.37. The Morgan fingerprint density at radius 2 is 2.43 bits per heavy atom. The molecule has 1 fully saturated rings. The van der Waals surface area contributed by atoms with E-state index < -0.39 is 0 Å². The molecule has 82 valence electrons. The van der Waals surface area contributed by atoms with Crippen molar-refractivity contribution in [3.05, 3.63) is 12.2 Å². The van der Waals surface area contributed by atoms with Crippen LogP contribution in [0.5, 0.6) is 0 Å². The molecule has 1 nitrogen and oxygen atoms in total. The van der Waals surface area contributed by atoms with Gasteiger partial charge in [-0.3, -0.25) is 0 Å². The molecule has 0 radical (unpaired) electrons. The van der Waals surface area contributed by atoms with E-state index in [-0.39, 0.29) is 0 Å². The molecule has 2 unspecified atom stereocenters. The normalized spacial score (nSPS) is 23.7. The summed E-state index contributed by atoms with van der Waals surface area (Å²) in [6.45, 7) is 9.55. The molecule has 1 heterocycles. The maximum Gasteiger partial charge on any atom is 0.0140 e. The molecule has 1 N–H and O–H groups in total. The molecule has 0 aromatic heterocycles. The summed E-state index contributed by atoms with van der Waals surface area (Å²) >= 11 is 2.10. The van der Waals surface area contributed by atoms with Crippen LogP contribution in [0, 0.1) is 5.92 Å². The highest BCUT2D eigenvalue weighted by Gasteiger charge is 2.24. The van der Waals surface area contributed by atoms with Gasteiger partial charge in [0.05, 0.1) is 0 Å². The Morgan fingerprint density at radius 1 is 1.64 bits per heavy atom. The maximum absolute atomic E-state index is 4.03. The molecule has 1 aliphatic heterocycles. The van der Waals surface area contributed by atoms with Crippen molar-refractivity contribution in [1.29, 1.82) is 0 Å². The highest BCUT2D eigenvalue weighted by molar-refractivity contribution is 7.99. The Kier molecular flexibility index (Phi) is 5.64. The molecule has 0 amide bonds. The lowest BCUT2D eigenvalue weighted by atomic mass is 9.94. The zero-order valence-electron chi connectivity index (χ0n) is 9.51. The zero-order valence-corrected chi connectivity index (χ0v) is 10.3. The average Bonchev–Trinajstić information content (AvgIpc) is 2.64. The second kappa shape index (κ2) is 6.52. The van der Waals surface area contributed by atoms with Crippen LogP contribution >= 0.6 is 11.8 Å². The van der Waals surface area contributed by atoms with Crippen LogP contribution in [0.2, 0.25) is 0 Å². The van der Waals surface area contributed by atoms with E-state index in [4.69, 9.17) is 0 Å². The first-order chi connectivity index (χ1) is 6.74. The lowest BCUT2D eigenvalue weighted by Crippen LogP contribution is -2.37. The molecule has 0 aromatic rings. The number of hydrogen-bond donors (Lipinski definition) is 1. The van der Waals surface area contributed by atoms with Gasteiger partial charge in [0, 0.05) is 6.04 Å². The minimum Gasteiger partial charge on any atom is -0.313 e. The van der Waals surface area contributed by atoms with Crippen molar-refractivity contribution in [1.82, 2.24) is 5.32 Å². The highest BCUT2D eigenvalue weighted by atomic mass is 32.2. The second-order valence-electron chi connectivity index (χ2n) is 4.35. The first kappa shape index (κ1) is 12.1. The smallest absolute Gasteiger partial charge is 0.0140 e. The SMILES string of the molecule is C=C(C)CC(NCCC)C1CCSC1. The summed E-state index contributed by atoms with van der Waals surface area (Å²) in [6.07, 6.45) is 3.77. The fourth-order valence-corrected chi connectivity index (χ4v) is 3.32. The number of rotatable bonds is 6. The van der Waals surface area contributed by atoms with Crippen molar-refractivity contribution >= 4 is 11.8 Å². The van der Waals surface area contributed by atoms with Gasteiger partial charge in [0.25, 0.3) is 0 Å². The van der Waals surface area contributed by atoms with Crippen LogP contribution in [0.1, 0.15) is 33.1 Å². The number of hydrogen-bond acceptors (Lipinski definition) is 2. The van der Waals surface area contributed by atoms with Gasteiger partial charge < -0.3 is 5.32 Å². The van der Waals surface area contributed by atoms with Crippen LogP contribution in [0.25, 0.3) is 0 Å². The summed E-state index contributed by atoms with van der Waals surface area (Å²) in [6, 6.07) is 0.683. The van der Waals surface area contributed by atoms with Gasteiger partial charge >= 0.3 is 0 Å². The van der Waals surface area contributed by atoms with Gasteiger partial charge in [0.1, 0.15) is 0 Å². The Morgan fingerprint density at radius 3 is 2.93 bits per heavy atom. The molecule has 0 spiro atoms. The average molecular weight is 213 g/mol. The molecule has 0 aromatic carbocycles. The van der Waals surface area contributed by atoms with Gasteiger partial charge in [-0.2, -0.15) is 11.8 Å². The fraction of sp³-hybridized carbons (Fsp3) is 0.833. The monoisotopic (exact) mass is 213 g/mol. The molecule has 0 saturated carbocycles. The van der Waals surface area contributed by atoms with Crippen molar-refractivity contribution in [2.24, 2.45) is 5.92 Å². The van der Waals surface area contributed by atoms with Crippen LogP contribution < -0.4 is 5.32 Å². The molecule has 1 rings (SSSR count). The first-order valence-corrected chi connectivity index (χ1v) is 6.85. The largest absolute Gasteiger partial charge is 0.313 e. The zero-order chi connectivity index (χ0) is 10.4. The van der Waals surface area contributed by atoms with Crippen molar-refractivity contribution in [3.8, 4) is 0 Å². The summed E-state index contributed by atoms with van der Waals surface area (Å²) in [4.78, 5) is 0. The molecular weight excluding hydrogens is 190 g/mol. The summed E-state index contributed by atoms with van der Waals surface area (Å²) < 4.78 is 0. The van der Waals surface area contributed by atoms with E-state index in [2.05, 4.69) is 37.5 Å². The van der Waals surface area contributed by atoms with Crippen molar-refractivity contribution in [2.75, 3.05) is 18.1 Å². The highest BCUT2D eigenvalue weighted by Crippen LogP contribution is 2.28. The lowest BCUT2D eigenvalue weighted by molar-refractivity contribution is 0.379. The molecule has 1 saturated heterocycles.